The molecule has 6 heteroatoms. The fourth-order valence-corrected chi connectivity index (χ4v) is 3.95. The second kappa shape index (κ2) is 5.59. The van der Waals surface area contributed by atoms with Gasteiger partial charge in [-0.05, 0) is 31.0 Å². The highest BCUT2D eigenvalue weighted by molar-refractivity contribution is 7.99. The molecule has 1 aromatic rings. The Labute approximate surface area is 134 Å². The van der Waals surface area contributed by atoms with Crippen molar-refractivity contribution in [1.29, 1.82) is 0 Å². The van der Waals surface area contributed by atoms with Crippen molar-refractivity contribution in [2.24, 2.45) is 0 Å². The van der Waals surface area contributed by atoms with Crippen molar-refractivity contribution in [3.63, 3.8) is 0 Å². The van der Waals surface area contributed by atoms with Crippen molar-refractivity contribution in [2.45, 2.75) is 31.8 Å². The van der Waals surface area contributed by atoms with E-state index in [0.29, 0.717) is 6.54 Å². The zero-order chi connectivity index (χ0) is 15.9. The fourth-order valence-electron chi connectivity index (χ4n) is 3.01. The Morgan fingerprint density at radius 1 is 1.50 bits per heavy atom. The van der Waals surface area contributed by atoms with Gasteiger partial charge < -0.3 is 10.2 Å². The molecule has 0 aliphatic carbocycles. The number of fused-ring (bicyclic) bond motifs is 1. The minimum atomic E-state index is -0.506. The number of rotatable bonds is 3. The molecule has 0 bridgehead atoms. The number of carbonyl (C=O) groups is 2. The number of benzene rings is 1. The van der Waals surface area contributed by atoms with Crippen molar-refractivity contribution >= 4 is 29.3 Å². The van der Waals surface area contributed by atoms with Crippen LogP contribution < -0.4 is 15.5 Å². The number of carbonyl (C=O) groups excluding carboxylic acids is 2. The van der Waals surface area contributed by atoms with Crippen molar-refractivity contribution in [1.82, 2.24) is 10.6 Å². The predicted molar refractivity (Wildman–Crippen MR) is 89.0 cm³/mol. The predicted octanol–water partition coefficient (Wildman–Crippen LogP) is 1.22. The van der Waals surface area contributed by atoms with E-state index in [4.69, 9.17) is 0 Å². The van der Waals surface area contributed by atoms with E-state index < -0.39 is 5.41 Å². The Bertz CT molecular complexity index is 624. The van der Waals surface area contributed by atoms with Crippen molar-refractivity contribution < 1.29 is 9.59 Å². The van der Waals surface area contributed by atoms with E-state index in [0.717, 1.165) is 28.4 Å². The molecule has 22 heavy (non-hydrogen) atoms. The summed E-state index contributed by atoms with van der Waals surface area (Å²) >= 11 is 1.73. The standard InChI is InChI=1S/C16H21N3O2S/c1-16(2)11-6-10(4-5-13(11)19(3)15(16)21)7-17-14(20)12-8-22-9-18-12/h4-6,12,18H,7-9H2,1-3H3,(H,17,20). The lowest BCUT2D eigenvalue weighted by atomic mass is 9.85. The summed E-state index contributed by atoms with van der Waals surface area (Å²) < 4.78 is 0. The summed E-state index contributed by atoms with van der Waals surface area (Å²) in [5, 5.41) is 6.13. The lowest BCUT2D eigenvalue weighted by Crippen LogP contribution is -2.41. The lowest BCUT2D eigenvalue weighted by molar-refractivity contribution is -0.123. The van der Waals surface area contributed by atoms with Crippen LogP contribution in [0.2, 0.25) is 0 Å². The molecule has 1 saturated heterocycles. The molecular formula is C16H21N3O2S. The number of amides is 2. The van der Waals surface area contributed by atoms with Crippen molar-refractivity contribution in [3.8, 4) is 0 Å². The van der Waals surface area contributed by atoms with Crippen LogP contribution in [0.15, 0.2) is 18.2 Å². The summed E-state index contributed by atoms with van der Waals surface area (Å²) in [5.41, 5.74) is 2.50. The highest BCUT2D eigenvalue weighted by atomic mass is 32.2. The van der Waals surface area contributed by atoms with Crippen LogP contribution in [-0.4, -0.2) is 36.5 Å². The van der Waals surface area contributed by atoms with E-state index in [2.05, 4.69) is 10.6 Å². The average Bonchev–Trinajstić information content (AvgIpc) is 3.09. The van der Waals surface area contributed by atoms with Crippen LogP contribution >= 0.6 is 11.8 Å². The largest absolute Gasteiger partial charge is 0.351 e. The van der Waals surface area contributed by atoms with Gasteiger partial charge in [-0.1, -0.05) is 12.1 Å². The van der Waals surface area contributed by atoms with Gasteiger partial charge in [-0.25, -0.2) is 0 Å². The summed E-state index contributed by atoms with van der Waals surface area (Å²) in [6.07, 6.45) is 0. The van der Waals surface area contributed by atoms with Crippen LogP contribution in [0.3, 0.4) is 0 Å². The Morgan fingerprint density at radius 2 is 2.27 bits per heavy atom. The van der Waals surface area contributed by atoms with Crippen molar-refractivity contribution in [3.05, 3.63) is 29.3 Å². The van der Waals surface area contributed by atoms with Crippen LogP contribution in [0.1, 0.15) is 25.0 Å². The molecule has 0 aromatic heterocycles. The van der Waals surface area contributed by atoms with E-state index in [1.54, 1.807) is 23.7 Å². The SMILES string of the molecule is CN1C(=O)C(C)(C)c2cc(CNC(=O)C3CSCN3)ccc21. The second-order valence-corrected chi connectivity index (χ2v) is 7.36. The van der Waals surface area contributed by atoms with Crippen LogP contribution in [-0.2, 0) is 21.5 Å². The third-order valence-corrected chi connectivity index (χ3v) is 5.37. The smallest absolute Gasteiger partial charge is 0.238 e. The molecule has 1 unspecified atom stereocenters. The average molecular weight is 319 g/mol. The van der Waals surface area contributed by atoms with Gasteiger partial charge >= 0.3 is 0 Å². The molecule has 0 saturated carbocycles. The van der Waals surface area contributed by atoms with E-state index in [9.17, 15) is 9.59 Å². The molecule has 0 radical (unpaired) electrons. The van der Waals surface area contributed by atoms with Gasteiger partial charge in [0.2, 0.25) is 11.8 Å². The molecule has 1 aromatic carbocycles. The monoisotopic (exact) mass is 319 g/mol. The molecule has 2 aliphatic heterocycles. The quantitative estimate of drug-likeness (QED) is 0.879. The molecule has 2 N–H and O–H groups in total. The number of thioether (sulfide) groups is 1. The maximum absolute atomic E-state index is 12.3. The first-order valence-corrected chi connectivity index (χ1v) is 8.57. The summed E-state index contributed by atoms with van der Waals surface area (Å²) in [6, 6.07) is 5.88. The summed E-state index contributed by atoms with van der Waals surface area (Å²) in [6.45, 7) is 4.38. The van der Waals surface area contributed by atoms with E-state index >= 15 is 0 Å². The van der Waals surface area contributed by atoms with Gasteiger partial charge in [0.05, 0.1) is 11.5 Å². The van der Waals surface area contributed by atoms with E-state index in [1.165, 1.54) is 0 Å². The van der Waals surface area contributed by atoms with E-state index in [-0.39, 0.29) is 17.9 Å². The van der Waals surface area contributed by atoms with Gasteiger partial charge in [0.25, 0.3) is 0 Å². The number of nitrogens with one attached hydrogen (secondary N) is 2. The third kappa shape index (κ3) is 2.50. The molecule has 1 atom stereocenters. The Kier molecular flexibility index (Phi) is 3.91. The highest BCUT2D eigenvalue weighted by Crippen LogP contribution is 2.40. The molecule has 2 heterocycles. The molecule has 0 spiro atoms. The van der Waals surface area contributed by atoms with Gasteiger partial charge in [0.1, 0.15) is 0 Å². The summed E-state index contributed by atoms with van der Waals surface area (Å²) in [4.78, 5) is 26.0. The first-order valence-electron chi connectivity index (χ1n) is 7.41. The van der Waals surface area contributed by atoms with Gasteiger partial charge in [-0.2, -0.15) is 0 Å². The number of nitrogens with zero attached hydrogens (tertiary/aromatic N) is 1. The molecule has 118 valence electrons. The normalized spacial score (nSPS) is 22.8. The highest BCUT2D eigenvalue weighted by Gasteiger charge is 2.42. The van der Waals surface area contributed by atoms with Gasteiger partial charge in [-0.3, -0.25) is 14.9 Å². The minimum absolute atomic E-state index is 0.0398. The number of anilines is 1. The van der Waals surface area contributed by atoms with Gasteiger partial charge in [0, 0.05) is 30.9 Å². The molecule has 1 fully saturated rings. The summed E-state index contributed by atoms with van der Waals surface area (Å²) in [7, 11) is 1.81. The zero-order valence-electron chi connectivity index (χ0n) is 13.1. The molecule has 2 amide bonds. The second-order valence-electron chi connectivity index (χ2n) is 6.33. The van der Waals surface area contributed by atoms with Crippen LogP contribution in [0.4, 0.5) is 5.69 Å². The summed E-state index contributed by atoms with van der Waals surface area (Å²) in [5.74, 6) is 1.80. The molecule has 2 aliphatic rings. The van der Waals surface area contributed by atoms with Crippen molar-refractivity contribution in [2.75, 3.05) is 23.6 Å². The Balaban J connectivity index is 1.73. The van der Waals surface area contributed by atoms with Gasteiger partial charge in [0.15, 0.2) is 0 Å². The third-order valence-electron chi connectivity index (χ3n) is 4.43. The first kappa shape index (κ1) is 15.4. The lowest BCUT2D eigenvalue weighted by Gasteiger charge is -2.17. The Hall–Kier alpha value is -1.53. The fraction of sp³-hybridized carbons (Fsp3) is 0.500. The topological polar surface area (TPSA) is 61.4 Å². The zero-order valence-corrected chi connectivity index (χ0v) is 13.9. The Morgan fingerprint density at radius 3 is 2.95 bits per heavy atom. The van der Waals surface area contributed by atoms with Crippen LogP contribution in [0.5, 0.6) is 0 Å². The number of hydrogen-bond acceptors (Lipinski definition) is 4. The first-order chi connectivity index (χ1) is 10.4. The van der Waals surface area contributed by atoms with E-state index in [1.807, 2.05) is 32.0 Å². The maximum Gasteiger partial charge on any atom is 0.238 e. The maximum atomic E-state index is 12.3. The number of likely N-dealkylation sites (N-methyl/N-ethyl adjacent to an activating group) is 1. The molecule has 5 nitrogen and oxygen atoms in total. The molecular weight excluding hydrogens is 298 g/mol. The van der Waals surface area contributed by atoms with Gasteiger partial charge in [-0.15, -0.1) is 11.8 Å². The number of hydrogen-bond donors (Lipinski definition) is 2. The minimum Gasteiger partial charge on any atom is -0.351 e. The van der Waals surface area contributed by atoms with Crippen LogP contribution in [0.25, 0.3) is 0 Å². The van der Waals surface area contributed by atoms with Crippen LogP contribution in [0, 0.1) is 0 Å². The molecule has 3 rings (SSSR count).